The van der Waals surface area contributed by atoms with Crippen LogP contribution in [-0.4, -0.2) is 29.5 Å². The molecule has 0 atom stereocenters. The van der Waals surface area contributed by atoms with Gasteiger partial charge in [-0.3, -0.25) is 5.32 Å². The third kappa shape index (κ3) is 2.59. The van der Waals surface area contributed by atoms with Crippen LogP contribution >= 0.6 is 0 Å². The molecule has 0 aliphatic carbocycles. The van der Waals surface area contributed by atoms with Gasteiger partial charge in [-0.05, 0) is 33.8 Å². The van der Waals surface area contributed by atoms with E-state index in [-0.39, 0.29) is 0 Å². The molecule has 1 saturated heterocycles. The molecule has 19 heavy (non-hydrogen) atoms. The van der Waals surface area contributed by atoms with Crippen molar-refractivity contribution < 1.29 is 19.2 Å². The van der Waals surface area contributed by atoms with Crippen LogP contribution in [0.1, 0.15) is 27.7 Å². The van der Waals surface area contributed by atoms with Gasteiger partial charge in [-0.1, -0.05) is 18.2 Å². The first-order valence-electron chi connectivity index (χ1n) is 6.17. The van der Waals surface area contributed by atoms with Gasteiger partial charge in [0.1, 0.15) is 0 Å². The van der Waals surface area contributed by atoms with E-state index in [1.54, 1.807) is 18.2 Å². The maximum Gasteiger partial charge on any atom is 0.496 e. The molecule has 1 aromatic carbocycles. The highest BCUT2D eigenvalue weighted by Crippen LogP contribution is 2.36. The molecule has 0 unspecified atom stereocenters. The fourth-order valence-electron chi connectivity index (χ4n) is 1.90. The van der Waals surface area contributed by atoms with E-state index in [9.17, 15) is 4.79 Å². The smallest absolute Gasteiger partial charge is 0.465 e. The van der Waals surface area contributed by atoms with Crippen LogP contribution < -0.4 is 10.8 Å². The second-order valence-corrected chi connectivity index (χ2v) is 5.61. The molecule has 102 valence electrons. The van der Waals surface area contributed by atoms with Crippen LogP contribution in [0.25, 0.3) is 0 Å². The number of para-hydroxylation sites is 1. The number of hydrogen-bond donors (Lipinski definition) is 2. The Morgan fingerprint density at radius 1 is 1.16 bits per heavy atom. The van der Waals surface area contributed by atoms with Crippen LogP contribution in [0.2, 0.25) is 0 Å². The Morgan fingerprint density at radius 3 is 2.21 bits per heavy atom. The van der Waals surface area contributed by atoms with E-state index in [0.29, 0.717) is 11.2 Å². The summed E-state index contributed by atoms with van der Waals surface area (Å²) in [6.07, 6.45) is -1.11. The summed E-state index contributed by atoms with van der Waals surface area (Å²) in [5.41, 5.74) is 0.263. The largest absolute Gasteiger partial charge is 0.496 e. The van der Waals surface area contributed by atoms with Crippen molar-refractivity contribution in [2.45, 2.75) is 38.9 Å². The predicted molar refractivity (Wildman–Crippen MR) is 73.8 cm³/mol. The van der Waals surface area contributed by atoms with Gasteiger partial charge in [0.15, 0.2) is 0 Å². The Labute approximate surface area is 113 Å². The van der Waals surface area contributed by atoms with Gasteiger partial charge in [0.2, 0.25) is 0 Å². The standard InChI is InChI=1S/C13H18BNO4/c1-12(2)13(3,4)19-14(18-12)9-7-5-6-8-10(9)15-11(16)17/h5-8,15H,1-4H3,(H,16,17). The molecule has 1 fully saturated rings. The van der Waals surface area contributed by atoms with Crippen LogP contribution in [0.4, 0.5) is 10.5 Å². The highest BCUT2D eigenvalue weighted by atomic mass is 16.7. The molecule has 1 heterocycles. The molecule has 0 spiro atoms. The molecule has 0 radical (unpaired) electrons. The maximum atomic E-state index is 10.8. The van der Waals surface area contributed by atoms with E-state index < -0.39 is 24.4 Å². The maximum absolute atomic E-state index is 10.8. The lowest BCUT2D eigenvalue weighted by atomic mass is 9.78. The topological polar surface area (TPSA) is 67.8 Å². The van der Waals surface area contributed by atoms with Gasteiger partial charge in [-0.2, -0.15) is 0 Å². The molecule has 1 amide bonds. The van der Waals surface area contributed by atoms with Crippen LogP contribution in [0.5, 0.6) is 0 Å². The predicted octanol–water partition coefficient (Wildman–Crippen LogP) is 2.08. The Bertz CT molecular complexity index is 485. The van der Waals surface area contributed by atoms with E-state index in [0.717, 1.165) is 0 Å². The van der Waals surface area contributed by atoms with Crippen LogP contribution in [-0.2, 0) is 9.31 Å². The van der Waals surface area contributed by atoms with Gasteiger partial charge in [0.05, 0.1) is 11.2 Å². The number of carboxylic acid groups (broad SMARTS) is 1. The van der Waals surface area contributed by atoms with Gasteiger partial charge < -0.3 is 14.4 Å². The molecule has 1 aliphatic rings. The van der Waals surface area contributed by atoms with Crippen molar-refractivity contribution in [3.05, 3.63) is 24.3 Å². The van der Waals surface area contributed by atoms with Crippen LogP contribution in [0, 0.1) is 0 Å². The normalized spacial score (nSPS) is 20.3. The molecule has 0 bridgehead atoms. The van der Waals surface area contributed by atoms with Crippen molar-refractivity contribution in [2.24, 2.45) is 0 Å². The minimum atomic E-state index is -1.11. The van der Waals surface area contributed by atoms with Crippen LogP contribution in [0.3, 0.4) is 0 Å². The Morgan fingerprint density at radius 2 is 1.68 bits per heavy atom. The average Bonchev–Trinajstić information content (AvgIpc) is 2.48. The Kier molecular flexibility index (Phi) is 3.32. The number of anilines is 1. The summed E-state index contributed by atoms with van der Waals surface area (Å²) in [6, 6.07) is 7.08. The molecule has 0 saturated carbocycles. The number of benzene rings is 1. The third-order valence-corrected chi connectivity index (χ3v) is 3.71. The number of carbonyl (C=O) groups is 1. The minimum absolute atomic E-state index is 0.450. The lowest BCUT2D eigenvalue weighted by molar-refractivity contribution is 0.00578. The first kappa shape index (κ1) is 13.9. The summed E-state index contributed by atoms with van der Waals surface area (Å²) < 4.78 is 11.8. The molecule has 1 aliphatic heterocycles. The summed E-state index contributed by atoms with van der Waals surface area (Å²) in [6.45, 7) is 7.83. The fourth-order valence-corrected chi connectivity index (χ4v) is 1.90. The average molecular weight is 263 g/mol. The van der Waals surface area contributed by atoms with Gasteiger partial charge in [-0.15, -0.1) is 0 Å². The number of rotatable bonds is 2. The molecular weight excluding hydrogens is 245 g/mol. The van der Waals surface area contributed by atoms with Gasteiger partial charge in [-0.25, -0.2) is 4.79 Å². The lowest BCUT2D eigenvalue weighted by Crippen LogP contribution is -2.41. The van der Waals surface area contributed by atoms with Gasteiger partial charge in [0, 0.05) is 11.2 Å². The molecule has 5 nitrogen and oxygen atoms in total. The third-order valence-electron chi connectivity index (χ3n) is 3.71. The SMILES string of the molecule is CC1(C)OB(c2ccccc2NC(=O)O)OC1(C)C. The highest BCUT2D eigenvalue weighted by Gasteiger charge is 2.52. The van der Waals surface area contributed by atoms with E-state index in [1.165, 1.54) is 0 Å². The zero-order chi connectivity index (χ0) is 14.3. The molecule has 2 N–H and O–H groups in total. The van der Waals surface area contributed by atoms with Crippen molar-refractivity contribution in [3.63, 3.8) is 0 Å². The van der Waals surface area contributed by atoms with Crippen molar-refractivity contribution >= 4 is 24.4 Å². The molecule has 0 aromatic heterocycles. The first-order valence-corrected chi connectivity index (χ1v) is 6.17. The summed E-state index contributed by atoms with van der Waals surface area (Å²) in [7, 11) is -0.576. The van der Waals surface area contributed by atoms with Crippen LogP contribution in [0.15, 0.2) is 24.3 Å². The highest BCUT2D eigenvalue weighted by molar-refractivity contribution is 6.64. The second-order valence-electron chi connectivity index (χ2n) is 5.61. The van der Waals surface area contributed by atoms with Crippen molar-refractivity contribution in [2.75, 3.05) is 5.32 Å². The zero-order valence-corrected chi connectivity index (χ0v) is 11.6. The summed E-state index contributed by atoms with van der Waals surface area (Å²) in [5.74, 6) is 0. The number of nitrogens with one attached hydrogen (secondary N) is 1. The summed E-state index contributed by atoms with van der Waals surface area (Å²) in [5, 5.41) is 11.2. The van der Waals surface area contributed by atoms with E-state index in [1.807, 2.05) is 33.8 Å². The molecule has 6 heteroatoms. The van der Waals surface area contributed by atoms with Gasteiger partial charge in [0.25, 0.3) is 0 Å². The van der Waals surface area contributed by atoms with E-state index in [4.69, 9.17) is 14.4 Å². The first-order chi connectivity index (χ1) is 8.73. The Balaban J connectivity index is 2.32. The second kappa shape index (κ2) is 4.54. The lowest BCUT2D eigenvalue weighted by Gasteiger charge is -2.32. The summed E-state index contributed by atoms with van der Waals surface area (Å²) in [4.78, 5) is 10.8. The molecule has 1 aromatic rings. The molecule has 2 rings (SSSR count). The van der Waals surface area contributed by atoms with Crippen molar-refractivity contribution in [1.29, 1.82) is 0 Å². The van der Waals surface area contributed by atoms with E-state index >= 15 is 0 Å². The minimum Gasteiger partial charge on any atom is -0.465 e. The number of hydrogen-bond acceptors (Lipinski definition) is 3. The quantitative estimate of drug-likeness (QED) is 0.801. The fraction of sp³-hybridized carbons (Fsp3) is 0.462. The summed E-state index contributed by atoms with van der Waals surface area (Å²) >= 11 is 0. The van der Waals surface area contributed by atoms with Crippen molar-refractivity contribution in [3.8, 4) is 0 Å². The monoisotopic (exact) mass is 263 g/mol. The molecular formula is C13H18BNO4. The van der Waals surface area contributed by atoms with Crippen molar-refractivity contribution in [1.82, 2.24) is 0 Å². The number of amides is 1. The van der Waals surface area contributed by atoms with E-state index in [2.05, 4.69) is 5.32 Å². The Hall–Kier alpha value is -1.53. The zero-order valence-electron chi connectivity index (χ0n) is 11.6. The van der Waals surface area contributed by atoms with Gasteiger partial charge >= 0.3 is 13.2 Å².